The fraction of sp³-hybridized carbons (Fsp3) is 0.417. The van der Waals surface area contributed by atoms with Gasteiger partial charge in [0.1, 0.15) is 29.9 Å². The molecule has 4 heterocycles. The summed E-state index contributed by atoms with van der Waals surface area (Å²) in [6.07, 6.45) is 6.09. The topological polar surface area (TPSA) is 132 Å². The van der Waals surface area contributed by atoms with E-state index in [1.54, 1.807) is 6.20 Å². The van der Waals surface area contributed by atoms with Crippen molar-refractivity contribution >= 4 is 40.1 Å². The van der Waals surface area contributed by atoms with Crippen LogP contribution in [0.5, 0.6) is 0 Å². The first kappa shape index (κ1) is 21.4. The highest BCUT2D eigenvalue weighted by atomic mass is 16.6. The van der Waals surface area contributed by atoms with Gasteiger partial charge in [-0.15, -0.1) is 0 Å². The van der Waals surface area contributed by atoms with Crippen molar-refractivity contribution < 1.29 is 9.53 Å². The number of nitrogens with one attached hydrogen (secondary N) is 1. The van der Waals surface area contributed by atoms with Crippen LogP contribution in [0.1, 0.15) is 49.9 Å². The van der Waals surface area contributed by atoms with Gasteiger partial charge in [0.2, 0.25) is 0 Å². The second-order valence-corrected chi connectivity index (χ2v) is 8.74. The molecule has 33 heavy (non-hydrogen) atoms. The zero-order valence-corrected chi connectivity index (χ0v) is 19.0. The number of carbonyl (C=O) groups is 1. The highest BCUT2D eigenvalue weighted by Gasteiger charge is 2.30. The quantitative estimate of drug-likeness (QED) is 0.520. The molecule has 0 radical (unpaired) electrons. The first-order valence-electron chi connectivity index (χ1n) is 11.5. The Morgan fingerprint density at radius 3 is 2.70 bits per heavy atom. The van der Waals surface area contributed by atoms with Crippen LogP contribution in [0.2, 0.25) is 0 Å². The molecule has 172 valence electrons. The first-order chi connectivity index (χ1) is 15.9. The van der Waals surface area contributed by atoms with Crippen molar-refractivity contribution in [3.8, 4) is 0 Å². The van der Waals surface area contributed by atoms with Crippen LogP contribution < -0.4 is 21.7 Å². The maximum absolute atomic E-state index is 12.0. The normalized spacial score (nSPS) is 15.7. The van der Waals surface area contributed by atoms with Crippen molar-refractivity contribution in [2.24, 2.45) is 5.73 Å². The van der Waals surface area contributed by atoms with Crippen LogP contribution in [0, 0.1) is 0 Å². The lowest BCUT2D eigenvalue weighted by atomic mass is 9.83. The van der Waals surface area contributed by atoms with Gasteiger partial charge in [-0.1, -0.05) is 13.8 Å². The molecule has 9 nitrogen and oxygen atoms in total. The fourth-order valence-corrected chi connectivity index (χ4v) is 4.78. The Bertz CT molecular complexity index is 1240. The third-order valence-electron chi connectivity index (χ3n) is 6.87. The number of ether oxygens (including phenoxy) is 1. The number of pyridine rings is 3. The Labute approximate surface area is 192 Å². The van der Waals surface area contributed by atoms with Gasteiger partial charge in [-0.25, -0.2) is 19.7 Å². The van der Waals surface area contributed by atoms with E-state index in [4.69, 9.17) is 21.2 Å². The zero-order chi connectivity index (χ0) is 23.2. The average Bonchev–Trinajstić information content (AvgIpc) is 3.46. The third-order valence-corrected chi connectivity index (χ3v) is 6.87. The minimum Gasteiger partial charge on any atom is -0.447 e. The van der Waals surface area contributed by atoms with E-state index in [1.165, 1.54) is 16.0 Å². The Morgan fingerprint density at radius 2 is 1.97 bits per heavy atom. The van der Waals surface area contributed by atoms with Crippen molar-refractivity contribution in [2.45, 2.75) is 51.5 Å². The summed E-state index contributed by atoms with van der Waals surface area (Å²) in [6.45, 7) is 5.06. The Kier molecular flexibility index (Phi) is 5.28. The standard InChI is InChI=1S/C24H29N7O2/c1-3-24(26,4-2)17-12-20(28-18-7-5-6-15(17)18)29-19-10-14-11-21(31-8-9-33-23(31)32)30-22(25)16(14)13-27-19/h10-13H,3-9,26H2,1-2H3,(H2,25,30)(H,27,28,29). The van der Waals surface area contributed by atoms with E-state index in [9.17, 15) is 4.79 Å². The second kappa shape index (κ2) is 8.15. The number of aromatic nitrogens is 3. The van der Waals surface area contributed by atoms with Crippen molar-refractivity contribution in [2.75, 3.05) is 29.1 Å². The molecule has 0 saturated carbocycles. The number of anilines is 4. The first-order valence-corrected chi connectivity index (χ1v) is 11.5. The molecule has 1 aliphatic carbocycles. The minimum atomic E-state index is -0.416. The number of carbonyl (C=O) groups excluding carboxylic acids is 1. The summed E-state index contributed by atoms with van der Waals surface area (Å²) in [7, 11) is 0. The SMILES string of the molecule is CCC(N)(CC)c1cc(Nc2cc3cc(N4CCOC4=O)nc(N)c3cn2)nc2c1CCC2. The molecule has 0 aromatic carbocycles. The molecule has 0 bridgehead atoms. The summed E-state index contributed by atoms with van der Waals surface area (Å²) in [5.41, 5.74) is 16.2. The molecule has 1 saturated heterocycles. The molecule has 5 rings (SSSR count). The van der Waals surface area contributed by atoms with Crippen LogP contribution in [0.25, 0.3) is 10.8 Å². The number of hydrogen-bond acceptors (Lipinski definition) is 8. The lowest BCUT2D eigenvalue weighted by Crippen LogP contribution is -2.36. The Balaban J connectivity index is 1.52. The highest BCUT2D eigenvalue weighted by Crippen LogP contribution is 2.36. The number of aryl methyl sites for hydroxylation is 1. The molecule has 1 aliphatic heterocycles. The molecule has 3 aromatic heterocycles. The van der Waals surface area contributed by atoms with E-state index in [0.717, 1.165) is 54.4 Å². The predicted molar refractivity (Wildman–Crippen MR) is 129 cm³/mol. The van der Waals surface area contributed by atoms with Crippen LogP contribution in [-0.2, 0) is 23.1 Å². The van der Waals surface area contributed by atoms with E-state index in [0.29, 0.717) is 30.6 Å². The molecule has 1 fully saturated rings. The number of nitrogens with zero attached hydrogens (tertiary/aromatic N) is 4. The molecule has 5 N–H and O–H groups in total. The largest absolute Gasteiger partial charge is 0.447 e. The molecule has 9 heteroatoms. The van der Waals surface area contributed by atoms with E-state index >= 15 is 0 Å². The summed E-state index contributed by atoms with van der Waals surface area (Å²) in [5.74, 6) is 2.16. The van der Waals surface area contributed by atoms with Gasteiger partial charge in [0.05, 0.1) is 6.54 Å². The van der Waals surface area contributed by atoms with E-state index in [1.807, 2.05) is 12.1 Å². The number of amides is 1. The van der Waals surface area contributed by atoms with E-state index in [2.05, 4.69) is 35.2 Å². The molecule has 1 amide bonds. The number of nitrogen functional groups attached to an aromatic ring is 1. The number of nitrogens with two attached hydrogens (primary N) is 2. The predicted octanol–water partition coefficient (Wildman–Crippen LogP) is 3.77. The zero-order valence-electron chi connectivity index (χ0n) is 19.0. The molecular formula is C24H29N7O2. The van der Waals surface area contributed by atoms with E-state index < -0.39 is 6.09 Å². The number of fused-ring (bicyclic) bond motifs is 2. The van der Waals surface area contributed by atoms with Crippen LogP contribution in [0.3, 0.4) is 0 Å². The molecule has 0 spiro atoms. The second-order valence-electron chi connectivity index (χ2n) is 8.74. The lowest BCUT2D eigenvalue weighted by Gasteiger charge is -2.30. The summed E-state index contributed by atoms with van der Waals surface area (Å²) in [6, 6.07) is 5.80. The molecule has 2 aliphatic rings. The summed E-state index contributed by atoms with van der Waals surface area (Å²) in [4.78, 5) is 27.2. The van der Waals surface area contributed by atoms with Crippen LogP contribution >= 0.6 is 0 Å². The Hall–Kier alpha value is -3.46. The van der Waals surface area contributed by atoms with Gasteiger partial charge >= 0.3 is 6.09 Å². The molecule has 0 atom stereocenters. The van der Waals surface area contributed by atoms with Crippen molar-refractivity contribution in [3.63, 3.8) is 0 Å². The van der Waals surface area contributed by atoms with E-state index in [-0.39, 0.29) is 5.54 Å². The average molecular weight is 448 g/mol. The van der Waals surface area contributed by atoms with Crippen LogP contribution in [0.15, 0.2) is 24.4 Å². The highest BCUT2D eigenvalue weighted by molar-refractivity contribution is 5.97. The van der Waals surface area contributed by atoms with Gasteiger partial charge in [0.15, 0.2) is 0 Å². The van der Waals surface area contributed by atoms with Gasteiger partial charge in [-0.05, 0) is 66.8 Å². The fourth-order valence-electron chi connectivity index (χ4n) is 4.78. The van der Waals surface area contributed by atoms with Gasteiger partial charge < -0.3 is 21.5 Å². The maximum Gasteiger partial charge on any atom is 0.415 e. The minimum absolute atomic E-state index is 0.318. The maximum atomic E-state index is 12.0. The summed E-state index contributed by atoms with van der Waals surface area (Å²) >= 11 is 0. The molecule has 3 aromatic rings. The smallest absolute Gasteiger partial charge is 0.415 e. The van der Waals surface area contributed by atoms with Gasteiger partial charge in [0.25, 0.3) is 0 Å². The van der Waals surface area contributed by atoms with Crippen LogP contribution in [-0.4, -0.2) is 34.2 Å². The van der Waals surface area contributed by atoms with Gasteiger partial charge in [-0.2, -0.15) is 0 Å². The van der Waals surface area contributed by atoms with Crippen molar-refractivity contribution in [1.29, 1.82) is 0 Å². The number of hydrogen-bond donors (Lipinski definition) is 3. The lowest BCUT2D eigenvalue weighted by molar-refractivity contribution is 0.181. The summed E-state index contributed by atoms with van der Waals surface area (Å²) < 4.78 is 5.03. The molecule has 0 unspecified atom stereocenters. The van der Waals surface area contributed by atoms with Gasteiger partial charge in [0, 0.05) is 22.8 Å². The number of cyclic esters (lactones) is 1. The molecular weight excluding hydrogens is 418 g/mol. The summed E-state index contributed by atoms with van der Waals surface area (Å²) in [5, 5.41) is 4.90. The Morgan fingerprint density at radius 1 is 1.15 bits per heavy atom. The van der Waals surface area contributed by atoms with Crippen molar-refractivity contribution in [3.05, 3.63) is 41.2 Å². The third kappa shape index (κ3) is 3.72. The monoisotopic (exact) mass is 447 g/mol. The number of rotatable bonds is 6. The van der Waals surface area contributed by atoms with Crippen LogP contribution in [0.4, 0.5) is 28.1 Å². The van der Waals surface area contributed by atoms with Crippen molar-refractivity contribution in [1.82, 2.24) is 15.0 Å². The van der Waals surface area contributed by atoms with Gasteiger partial charge in [-0.3, -0.25) is 4.90 Å².